The molecule has 4 saturated carbocycles. The van der Waals surface area contributed by atoms with Gasteiger partial charge >= 0.3 is 29.8 Å². The fourth-order valence-corrected chi connectivity index (χ4v) is 12.2. The van der Waals surface area contributed by atoms with Crippen LogP contribution in [0, 0.1) is 57.7 Å². The second kappa shape index (κ2) is 10.8. The lowest BCUT2D eigenvalue weighted by atomic mass is 9.41. The summed E-state index contributed by atoms with van der Waals surface area (Å²) in [6, 6.07) is 0. The number of Topliss-reactive ketones (excluding diaryl/α,β-unsaturated/α-hetero) is 1. The number of aliphatic hydroxyl groups excluding tert-OH is 1. The Kier molecular flexibility index (Phi) is 7.59. The van der Waals surface area contributed by atoms with Crippen LogP contribution in [0.5, 0.6) is 0 Å². The topological polar surface area (TPSA) is 202 Å². The molecular weight excluding hydrogens is 656 g/mol. The number of carbonyl (C=O) groups is 6. The zero-order valence-electron chi connectivity index (χ0n) is 29.7. The molecule has 2 saturated heterocycles. The predicted molar refractivity (Wildman–Crippen MR) is 166 cm³/mol. The highest BCUT2D eigenvalue weighted by Gasteiger charge is 2.83. The van der Waals surface area contributed by atoms with Crippen molar-refractivity contribution in [3.63, 3.8) is 0 Å². The van der Waals surface area contributed by atoms with Crippen LogP contribution in [0.3, 0.4) is 0 Å². The highest BCUT2D eigenvalue weighted by molar-refractivity contribution is 5.88. The van der Waals surface area contributed by atoms with Crippen LogP contribution in [0.2, 0.25) is 0 Å². The molecule has 18 atom stereocenters. The van der Waals surface area contributed by atoms with E-state index < -0.39 is 142 Å². The van der Waals surface area contributed by atoms with Crippen LogP contribution in [0.15, 0.2) is 11.8 Å². The van der Waals surface area contributed by atoms with E-state index in [0.29, 0.717) is 0 Å². The molecule has 0 spiro atoms. The van der Waals surface area contributed by atoms with Crippen molar-refractivity contribution in [2.24, 2.45) is 57.7 Å². The lowest BCUT2D eigenvalue weighted by Crippen LogP contribution is -2.74. The summed E-state index contributed by atoms with van der Waals surface area (Å²) in [4.78, 5) is 79.7. The number of allylic oxidation sites excluding steroid dienone is 1. The molecule has 50 heavy (non-hydrogen) atoms. The Morgan fingerprint density at radius 2 is 1.32 bits per heavy atom. The molecule has 6 fully saturated rings. The van der Waals surface area contributed by atoms with Gasteiger partial charge < -0.3 is 38.6 Å². The molecule has 14 heteroatoms. The smallest absolute Gasteiger partial charge is 0.343 e. The number of rotatable bonds is 4. The number of epoxide rings is 1. The molecular formula is C36H46O14. The molecule has 0 bridgehead atoms. The summed E-state index contributed by atoms with van der Waals surface area (Å²) in [6.45, 7) is 13.3. The molecule has 7 rings (SSSR count). The minimum absolute atomic E-state index is 0.198. The summed E-state index contributed by atoms with van der Waals surface area (Å²) in [7, 11) is 0. The Morgan fingerprint density at radius 3 is 1.90 bits per heavy atom. The van der Waals surface area contributed by atoms with Gasteiger partial charge in [-0.2, -0.15) is 0 Å². The molecule has 0 radical (unpaired) electrons. The van der Waals surface area contributed by atoms with E-state index in [9.17, 15) is 39.0 Å². The first kappa shape index (κ1) is 35.1. The van der Waals surface area contributed by atoms with Gasteiger partial charge in [-0.05, 0) is 38.2 Å². The summed E-state index contributed by atoms with van der Waals surface area (Å²) in [5.41, 5.74) is -6.23. The first-order chi connectivity index (χ1) is 23.1. The average molecular weight is 703 g/mol. The van der Waals surface area contributed by atoms with Crippen LogP contribution >= 0.6 is 0 Å². The van der Waals surface area contributed by atoms with Gasteiger partial charge in [-0.15, -0.1) is 0 Å². The van der Waals surface area contributed by atoms with Gasteiger partial charge in [0, 0.05) is 68.1 Å². The number of hydrogen-bond acceptors (Lipinski definition) is 14. The third-order valence-corrected chi connectivity index (χ3v) is 14.1. The SMILES string of the molecule is CC(=O)OC1C2[C@H]3C(C(OC(C)=O)[C@H](OC(C)=O)[C@]2(C)C2C(C)C=C4OC(=O)[C@@](C)(O)[C@]4(C)[C@H]12)[C@]1(C)C(C[C@@H]2O[C@@H]2[C@@H]1OC(C)=O)C(=O)[C@@H]3O. The van der Waals surface area contributed by atoms with Gasteiger partial charge in [-0.1, -0.05) is 20.8 Å². The van der Waals surface area contributed by atoms with Crippen molar-refractivity contribution in [2.75, 3.05) is 0 Å². The van der Waals surface area contributed by atoms with E-state index in [2.05, 4.69) is 0 Å². The Bertz CT molecular complexity index is 1620. The summed E-state index contributed by atoms with van der Waals surface area (Å²) in [5.74, 6) is -9.94. The molecule has 2 aliphatic heterocycles. The molecule has 0 aromatic rings. The first-order valence-electron chi connectivity index (χ1n) is 17.4. The second-order valence-electron chi connectivity index (χ2n) is 16.4. The number of aliphatic hydroxyl groups is 2. The third-order valence-electron chi connectivity index (χ3n) is 14.1. The van der Waals surface area contributed by atoms with Gasteiger partial charge in [-0.3, -0.25) is 24.0 Å². The molecule has 274 valence electrons. The average Bonchev–Trinajstić information content (AvgIpc) is 3.68. The van der Waals surface area contributed by atoms with Crippen LogP contribution in [-0.4, -0.2) is 94.2 Å². The molecule has 0 aromatic heterocycles. The zero-order chi connectivity index (χ0) is 36.8. The van der Waals surface area contributed by atoms with E-state index in [1.165, 1.54) is 34.6 Å². The Balaban J connectivity index is 1.53. The van der Waals surface area contributed by atoms with Crippen molar-refractivity contribution >= 4 is 35.6 Å². The van der Waals surface area contributed by atoms with E-state index in [1.807, 2.05) is 6.92 Å². The molecule has 0 amide bonds. The van der Waals surface area contributed by atoms with E-state index in [4.69, 9.17) is 28.4 Å². The second-order valence-corrected chi connectivity index (χ2v) is 16.4. The number of esters is 5. The van der Waals surface area contributed by atoms with Crippen molar-refractivity contribution in [2.45, 2.75) is 117 Å². The van der Waals surface area contributed by atoms with Crippen molar-refractivity contribution in [1.29, 1.82) is 0 Å². The monoisotopic (exact) mass is 702 g/mol. The highest BCUT2D eigenvalue weighted by Crippen LogP contribution is 2.76. The van der Waals surface area contributed by atoms with Crippen LogP contribution in [-0.2, 0) is 57.2 Å². The number of carbonyl (C=O) groups excluding carboxylic acids is 6. The Labute approximate surface area is 289 Å². The van der Waals surface area contributed by atoms with Gasteiger partial charge in [0.15, 0.2) is 11.4 Å². The summed E-state index contributed by atoms with van der Waals surface area (Å²) >= 11 is 0. The molecule has 7 unspecified atom stereocenters. The quantitative estimate of drug-likeness (QED) is 0.242. The van der Waals surface area contributed by atoms with Crippen molar-refractivity contribution in [1.82, 2.24) is 0 Å². The highest BCUT2D eigenvalue weighted by atomic mass is 16.6. The largest absolute Gasteiger partial charge is 0.462 e. The zero-order valence-corrected chi connectivity index (χ0v) is 29.7. The predicted octanol–water partition coefficient (Wildman–Crippen LogP) is 1.41. The lowest BCUT2D eigenvalue weighted by molar-refractivity contribution is -0.272. The van der Waals surface area contributed by atoms with Crippen molar-refractivity contribution < 1.29 is 67.4 Å². The van der Waals surface area contributed by atoms with Gasteiger partial charge in [0.1, 0.15) is 42.4 Å². The number of ketones is 1. The van der Waals surface area contributed by atoms with Gasteiger partial charge in [0.25, 0.3) is 0 Å². The molecule has 14 nitrogen and oxygen atoms in total. The lowest BCUT2D eigenvalue weighted by Gasteiger charge is -2.65. The van der Waals surface area contributed by atoms with Crippen LogP contribution in [0.4, 0.5) is 0 Å². The maximum atomic E-state index is 14.5. The molecule has 7 aliphatic rings. The molecule has 2 heterocycles. The van der Waals surface area contributed by atoms with Crippen molar-refractivity contribution in [3.05, 3.63) is 11.8 Å². The fourth-order valence-electron chi connectivity index (χ4n) is 12.2. The molecule has 2 N–H and O–H groups in total. The normalized spacial score (nSPS) is 52.3. The molecule has 0 aromatic carbocycles. The standard InChI is InChI=1S/C36H46O14/c1-12-10-19-35(8,36(9,44)32(43)50-19)24-21(12)34(7)22(28(24)45-13(2)37)20-23(29(46-14(3)38)31(34)48-16(5)40)33(6)17(25(41)26(20)42)11-18-27(49-18)30(33)47-15(4)39/h10,12,17-18,20-24,26-31,42,44H,11H2,1-9H3/t12?,17?,18-,20-,21?,22?,23?,24-,26+,27-,28?,29?,30-,31-,33-,34+,35-,36+/m0/s1. The Morgan fingerprint density at radius 1 is 0.780 bits per heavy atom. The fraction of sp³-hybridized carbons (Fsp3) is 0.778. The van der Waals surface area contributed by atoms with Crippen LogP contribution < -0.4 is 0 Å². The number of ether oxygens (including phenoxy) is 6. The summed E-state index contributed by atoms with van der Waals surface area (Å²) < 4.78 is 36.2. The number of hydrogen-bond donors (Lipinski definition) is 2. The van der Waals surface area contributed by atoms with Gasteiger partial charge in [0.2, 0.25) is 0 Å². The summed E-state index contributed by atoms with van der Waals surface area (Å²) in [5, 5.41) is 24.2. The van der Waals surface area contributed by atoms with Gasteiger partial charge in [0.05, 0.1) is 11.5 Å². The maximum absolute atomic E-state index is 14.5. The minimum Gasteiger partial charge on any atom is -0.462 e. The van der Waals surface area contributed by atoms with Crippen LogP contribution in [0.25, 0.3) is 0 Å². The van der Waals surface area contributed by atoms with Crippen LogP contribution in [0.1, 0.15) is 68.7 Å². The van der Waals surface area contributed by atoms with E-state index in [0.717, 1.165) is 0 Å². The summed E-state index contributed by atoms with van der Waals surface area (Å²) in [6.07, 6.45) is -5.40. The van der Waals surface area contributed by atoms with E-state index in [-0.39, 0.29) is 12.2 Å². The number of fused-ring (bicyclic) bond motifs is 10. The maximum Gasteiger partial charge on any atom is 0.343 e. The van der Waals surface area contributed by atoms with E-state index in [1.54, 1.807) is 26.8 Å². The van der Waals surface area contributed by atoms with Crippen molar-refractivity contribution in [3.8, 4) is 0 Å². The Hall–Kier alpha value is -3.36. The first-order valence-corrected chi connectivity index (χ1v) is 17.4. The van der Waals surface area contributed by atoms with Gasteiger partial charge in [-0.25, -0.2) is 4.79 Å². The third kappa shape index (κ3) is 4.24. The van der Waals surface area contributed by atoms with E-state index >= 15 is 0 Å². The minimum atomic E-state index is -2.10. The molecule has 5 aliphatic carbocycles.